The van der Waals surface area contributed by atoms with E-state index in [2.05, 4.69) is 54.3 Å². The van der Waals surface area contributed by atoms with Crippen molar-refractivity contribution in [2.45, 2.75) is 26.7 Å². The van der Waals surface area contributed by atoms with E-state index in [9.17, 15) is 0 Å². The molecule has 0 fully saturated rings. The van der Waals surface area contributed by atoms with Crippen molar-refractivity contribution in [3.8, 4) is 0 Å². The monoisotopic (exact) mass is 273 g/mol. The predicted molar refractivity (Wildman–Crippen MR) is 82.9 cm³/mol. The van der Waals surface area contributed by atoms with Crippen LogP contribution in [-0.2, 0) is 6.42 Å². The Kier molecular flexibility index (Phi) is 3.19. The first-order valence-corrected chi connectivity index (χ1v) is 7.51. The van der Waals surface area contributed by atoms with E-state index in [0.717, 1.165) is 17.4 Å². The summed E-state index contributed by atoms with van der Waals surface area (Å²) in [4.78, 5) is 8.08. The second kappa shape index (κ2) is 4.85. The summed E-state index contributed by atoms with van der Waals surface area (Å²) in [7, 11) is 2.09. The molecular formula is C15H19N3S. The predicted octanol–water partition coefficient (Wildman–Crippen LogP) is 3.89. The highest BCUT2D eigenvalue weighted by Crippen LogP contribution is 2.33. The molecule has 4 heteroatoms. The van der Waals surface area contributed by atoms with E-state index in [1.807, 2.05) is 0 Å². The van der Waals surface area contributed by atoms with Crippen LogP contribution in [0.15, 0.2) is 18.2 Å². The van der Waals surface area contributed by atoms with Crippen molar-refractivity contribution >= 4 is 27.8 Å². The van der Waals surface area contributed by atoms with Gasteiger partial charge in [0.15, 0.2) is 5.13 Å². The Morgan fingerprint density at radius 2 is 2.16 bits per heavy atom. The maximum atomic E-state index is 4.62. The molecule has 0 saturated carbocycles. The quantitative estimate of drug-likeness (QED) is 0.900. The number of benzene rings is 1. The third-order valence-electron chi connectivity index (χ3n) is 3.72. The van der Waals surface area contributed by atoms with E-state index in [4.69, 9.17) is 0 Å². The van der Waals surface area contributed by atoms with Crippen LogP contribution in [-0.4, -0.2) is 18.6 Å². The molecule has 100 valence electrons. The van der Waals surface area contributed by atoms with Gasteiger partial charge < -0.3 is 10.2 Å². The molecule has 3 rings (SSSR count). The number of hydrogen-bond donors (Lipinski definition) is 1. The molecule has 2 heterocycles. The molecule has 1 aromatic carbocycles. The molecule has 2 aromatic rings. The molecule has 3 nitrogen and oxygen atoms in total. The summed E-state index contributed by atoms with van der Waals surface area (Å²) in [6, 6.07) is 6.67. The maximum absolute atomic E-state index is 4.62. The summed E-state index contributed by atoms with van der Waals surface area (Å²) >= 11 is 1.75. The molecular weight excluding hydrogens is 254 g/mol. The fourth-order valence-electron chi connectivity index (χ4n) is 2.37. The van der Waals surface area contributed by atoms with E-state index in [0.29, 0.717) is 0 Å². The Bertz CT molecular complexity index is 584. The lowest BCUT2D eigenvalue weighted by atomic mass is 10.0. The van der Waals surface area contributed by atoms with E-state index < -0.39 is 0 Å². The van der Waals surface area contributed by atoms with Gasteiger partial charge in [0.25, 0.3) is 0 Å². The highest BCUT2D eigenvalue weighted by molar-refractivity contribution is 7.15. The minimum atomic E-state index is 1.06. The van der Waals surface area contributed by atoms with Gasteiger partial charge in [-0.15, -0.1) is 11.3 Å². The summed E-state index contributed by atoms with van der Waals surface area (Å²) in [6.45, 7) is 5.27. The van der Waals surface area contributed by atoms with Crippen molar-refractivity contribution in [3.63, 3.8) is 0 Å². The topological polar surface area (TPSA) is 28.2 Å². The molecule has 1 aliphatic rings. The molecule has 0 aliphatic carbocycles. The molecule has 1 N–H and O–H groups in total. The Morgan fingerprint density at radius 3 is 2.89 bits per heavy atom. The third-order valence-corrected chi connectivity index (χ3v) is 4.87. The van der Waals surface area contributed by atoms with Crippen molar-refractivity contribution in [2.75, 3.05) is 23.8 Å². The average molecular weight is 273 g/mol. The molecule has 1 aliphatic heterocycles. The number of fused-ring (bicyclic) bond motifs is 1. The lowest BCUT2D eigenvalue weighted by Crippen LogP contribution is -2.14. The van der Waals surface area contributed by atoms with E-state index in [1.165, 1.54) is 34.7 Å². The summed E-state index contributed by atoms with van der Waals surface area (Å²) in [5, 5.41) is 4.54. The van der Waals surface area contributed by atoms with Gasteiger partial charge in [0.1, 0.15) is 0 Å². The number of anilines is 3. The standard InChI is InChI=1S/C15H19N3S/c1-10-11(2)19-15(17-10)18(3)13-7-6-12-5-4-8-16-14(12)9-13/h6-7,9,16H,4-5,8H2,1-3H3. The van der Waals surface area contributed by atoms with Crippen LogP contribution in [0, 0.1) is 13.8 Å². The van der Waals surface area contributed by atoms with Crippen LogP contribution < -0.4 is 10.2 Å². The molecule has 0 atom stereocenters. The van der Waals surface area contributed by atoms with Crippen molar-refractivity contribution in [2.24, 2.45) is 0 Å². The van der Waals surface area contributed by atoms with Gasteiger partial charge in [-0.1, -0.05) is 6.07 Å². The van der Waals surface area contributed by atoms with Gasteiger partial charge in [-0.05, 0) is 44.4 Å². The molecule has 0 unspecified atom stereocenters. The van der Waals surface area contributed by atoms with Gasteiger partial charge >= 0.3 is 0 Å². The number of hydrogen-bond acceptors (Lipinski definition) is 4. The zero-order chi connectivity index (χ0) is 13.4. The number of nitrogens with one attached hydrogen (secondary N) is 1. The van der Waals surface area contributed by atoms with Crippen molar-refractivity contribution < 1.29 is 0 Å². The fourth-order valence-corrected chi connectivity index (χ4v) is 3.26. The first kappa shape index (κ1) is 12.5. The summed E-state index contributed by atoms with van der Waals surface area (Å²) in [5.74, 6) is 0. The van der Waals surface area contributed by atoms with Crippen LogP contribution in [0.1, 0.15) is 22.6 Å². The van der Waals surface area contributed by atoms with Gasteiger partial charge in [-0.2, -0.15) is 0 Å². The minimum absolute atomic E-state index is 1.06. The fraction of sp³-hybridized carbons (Fsp3) is 0.400. The van der Waals surface area contributed by atoms with Crippen LogP contribution in [0.4, 0.5) is 16.5 Å². The van der Waals surface area contributed by atoms with Gasteiger partial charge in [0, 0.05) is 29.8 Å². The third kappa shape index (κ3) is 2.32. The number of aromatic nitrogens is 1. The van der Waals surface area contributed by atoms with E-state index in [1.54, 1.807) is 11.3 Å². The van der Waals surface area contributed by atoms with Gasteiger partial charge in [-0.25, -0.2) is 4.98 Å². The highest BCUT2D eigenvalue weighted by Gasteiger charge is 2.14. The molecule has 1 aromatic heterocycles. The van der Waals surface area contributed by atoms with Crippen LogP contribution in [0.3, 0.4) is 0 Å². The molecule has 0 saturated heterocycles. The van der Waals surface area contributed by atoms with Gasteiger partial charge in [-0.3, -0.25) is 0 Å². The zero-order valence-electron chi connectivity index (χ0n) is 11.7. The Labute approximate surface area is 118 Å². The number of nitrogens with zero attached hydrogens (tertiary/aromatic N) is 2. The van der Waals surface area contributed by atoms with Crippen molar-refractivity contribution in [1.29, 1.82) is 0 Å². The van der Waals surface area contributed by atoms with Crippen molar-refractivity contribution in [1.82, 2.24) is 4.98 Å². The van der Waals surface area contributed by atoms with Crippen LogP contribution in [0.5, 0.6) is 0 Å². The second-order valence-corrected chi connectivity index (χ2v) is 6.25. The van der Waals surface area contributed by atoms with E-state index >= 15 is 0 Å². The lowest BCUT2D eigenvalue weighted by Gasteiger charge is -2.22. The number of rotatable bonds is 2. The Morgan fingerprint density at radius 1 is 1.32 bits per heavy atom. The van der Waals surface area contributed by atoms with Gasteiger partial charge in [0.2, 0.25) is 0 Å². The Hall–Kier alpha value is -1.55. The van der Waals surface area contributed by atoms with Crippen LogP contribution in [0.2, 0.25) is 0 Å². The smallest absolute Gasteiger partial charge is 0.190 e. The first-order chi connectivity index (χ1) is 9.15. The summed E-state index contributed by atoms with van der Waals surface area (Å²) in [6.07, 6.45) is 2.41. The van der Waals surface area contributed by atoms with Crippen LogP contribution >= 0.6 is 11.3 Å². The van der Waals surface area contributed by atoms with Gasteiger partial charge in [0.05, 0.1) is 5.69 Å². The zero-order valence-corrected chi connectivity index (χ0v) is 12.5. The first-order valence-electron chi connectivity index (χ1n) is 6.70. The van der Waals surface area contributed by atoms with Crippen LogP contribution in [0.25, 0.3) is 0 Å². The normalized spacial score (nSPS) is 13.8. The highest BCUT2D eigenvalue weighted by atomic mass is 32.1. The second-order valence-electron chi connectivity index (χ2n) is 5.07. The molecule has 0 radical (unpaired) electrons. The number of aryl methyl sites for hydroxylation is 3. The average Bonchev–Trinajstić information content (AvgIpc) is 2.77. The Balaban J connectivity index is 1.93. The summed E-state index contributed by atoms with van der Waals surface area (Å²) in [5.41, 5.74) is 5.03. The molecule has 19 heavy (non-hydrogen) atoms. The summed E-state index contributed by atoms with van der Waals surface area (Å²) < 4.78 is 0. The molecule has 0 amide bonds. The van der Waals surface area contributed by atoms with Crippen molar-refractivity contribution in [3.05, 3.63) is 34.3 Å². The largest absolute Gasteiger partial charge is 0.385 e. The number of thiazole rings is 1. The molecule has 0 spiro atoms. The SMILES string of the molecule is Cc1nc(N(C)c2ccc3c(c2)NCCC3)sc1C. The maximum Gasteiger partial charge on any atom is 0.190 e. The minimum Gasteiger partial charge on any atom is -0.385 e. The lowest BCUT2D eigenvalue weighted by molar-refractivity contribution is 0.830. The molecule has 0 bridgehead atoms. The van der Waals surface area contributed by atoms with E-state index in [-0.39, 0.29) is 0 Å².